The average Bonchev–Trinajstić information content (AvgIpc) is 2.33. The Balaban J connectivity index is 1.73. The smallest absolute Gasteiger partial charge is 0.230 e. The highest BCUT2D eigenvalue weighted by Crippen LogP contribution is 2.15. The van der Waals surface area contributed by atoms with Crippen LogP contribution in [0.25, 0.3) is 0 Å². The maximum Gasteiger partial charge on any atom is 0.230 e. The second kappa shape index (κ2) is 6.34. The molecule has 1 aliphatic rings. The van der Waals surface area contributed by atoms with Crippen molar-refractivity contribution in [3.8, 4) is 5.88 Å². The molecule has 0 saturated carbocycles. The van der Waals surface area contributed by atoms with Gasteiger partial charge in [0, 0.05) is 12.7 Å². The van der Waals surface area contributed by atoms with E-state index in [2.05, 4.69) is 37.5 Å². The topological polar surface area (TPSA) is 38.3 Å². The highest BCUT2D eigenvalue weighted by Gasteiger charge is 2.10. The summed E-state index contributed by atoms with van der Waals surface area (Å²) in [6.45, 7) is 4.14. The van der Waals surface area contributed by atoms with Gasteiger partial charge in [0.15, 0.2) is 0 Å². The Labute approximate surface area is 110 Å². The average molecular weight is 333 g/mol. The van der Waals surface area contributed by atoms with Gasteiger partial charge in [-0.05, 0) is 48.5 Å². The Kier molecular flexibility index (Phi) is 4.77. The molecular weight excluding hydrogens is 317 g/mol. The Morgan fingerprint density at radius 1 is 1.31 bits per heavy atom. The van der Waals surface area contributed by atoms with Crippen LogP contribution in [0.1, 0.15) is 19.3 Å². The van der Waals surface area contributed by atoms with Crippen molar-refractivity contribution in [2.75, 3.05) is 26.2 Å². The molecule has 2 heterocycles. The molecular formula is C11H16IN3O. The molecule has 0 amide bonds. The monoisotopic (exact) mass is 333 g/mol. The van der Waals surface area contributed by atoms with Crippen molar-refractivity contribution in [1.82, 2.24) is 14.9 Å². The van der Waals surface area contributed by atoms with Crippen LogP contribution >= 0.6 is 22.6 Å². The molecule has 0 radical (unpaired) electrons. The minimum atomic E-state index is 0.701. The van der Waals surface area contributed by atoms with Crippen LogP contribution in [0, 0.1) is 3.57 Å². The lowest BCUT2D eigenvalue weighted by atomic mass is 10.1. The molecule has 0 N–H and O–H groups in total. The van der Waals surface area contributed by atoms with E-state index >= 15 is 0 Å². The van der Waals surface area contributed by atoms with Crippen LogP contribution in [0.2, 0.25) is 0 Å². The second-order valence-corrected chi connectivity index (χ2v) is 5.09. The molecule has 1 aromatic rings. The standard InChI is InChI=1S/C11H16IN3O/c12-10-8-13-9-14-11(10)16-7-6-15-4-2-1-3-5-15/h8-9H,1-7H2. The molecule has 1 aromatic heterocycles. The van der Waals surface area contributed by atoms with Gasteiger partial charge in [-0.1, -0.05) is 6.42 Å². The van der Waals surface area contributed by atoms with Gasteiger partial charge in [0.1, 0.15) is 12.9 Å². The van der Waals surface area contributed by atoms with Gasteiger partial charge in [-0.2, -0.15) is 0 Å². The first kappa shape index (κ1) is 12.0. The van der Waals surface area contributed by atoms with E-state index in [-0.39, 0.29) is 0 Å². The van der Waals surface area contributed by atoms with Gasteiger partial charge >= 0.3 is 0 Å². The number of piperidine rings is 1. The molecule has 1 fully saturated rings. The van der Waals surface area contributed by atoms with Gasteiger partial charge in [-0.3, -0.25) is 4.90 Å². The predicted molar refractivity (Wildman–Crippen MR) is 70.5 cm³/mol. The zero-order valence-electron chi connectivity index (χ0n) is 9.23. The minimum absolute atomic E-state index is 0.701. The molecule has 0 aromatic carbocycles. The fraction of sp³-hybridized carbons (Fsp3) is 0.636. The fourth-order valence-corrected chi connectivity index (χ4v) is 2.32. The molecule has 0 unspecified atom stereocenters. The summed E-state index contributed by atoms with van der Waals surface area (Å²) in [6, 6.07) is 0. The van der Waals surface area contributed by atoms with Crippen LogP contribution in [-0.4, -0.2) is 41.1 Å². The zero-order chi connectivity index (χ0) is 11.2. The van der Waals surface area contributed by atoms with Gasteiger partial charge in [0.05, 0.1) is 3.57 Å². The van der Waals surface area contributed by atoms with Gasteiger partial charge in [0.25, 0.3) is 0 Å². The van der Waals surface area contributed by atoms with Crippen LogP contribution in [-0.2, 0) is 0 Å². The molecule has 1 aliphatic heterocycles. The first-order chi connectivity index (χ1) is 7.86. The van der Waals surface area contributed by atoms with Crippen molar-refractivity contribution in [1.29, 1.82) is 0 Å². The molecule has 1 saturated heterocycles. The maximum absolute atomic E-state index is 5.64. The van der Waals surface area contributed by atoms with Crippen LogP contribution in [0.3, 0.4) is 0 Å². The summed E-state index contributed by atoms with van der Waals surface area (Å²) in [5.74, 6) is 0.701. The summed E-state index contributed by atoms with van der Waals surface area (Å²) in [4.78, 5) is 10.5. The third-order valence-electron chi connectivity index (χ3n) is 2.73. The van der Waals surface area contributed by atoms with E-state index in [1.165, 1.54) is 38.7 Å². The maximum atomic E-state index is 5.64. The first-order valence-corrected chi connectivity index (χ1v) is 6.75. The molecule has 0 bridgehead atoms. The Hall–Kier alpha value is -0.430. The van der Waals surface area contributed by atoms with Gasteiger partial charge < -0.3 is 4.74 Å². The van der Waals surface area contributed by atoms with Crippen molar-refractivity contribution in [3.05, 3.63) is 16.1 Å². The predicted octanol–water partition coefficient (Wildman–Crippen LogP) is 1.95. The fourth-order valence-electron chi connectivity index (χ4n) is 1.86. The van der Waals surface area contributed by atoms with Crippen LogP contribution in [0.5, 0.6) is 5.88 Å². The summed E-state index contributed by atoms with van der Waals surface area (Å²) in [5, 5.41) is 0. The van der Waals surface area contributed by atoms with E-state index in [1.807, 2.05) is 0 Å². The van der Waals surface area contributed by atoms with Crippen molar-refractivity contribution < 1.29 is 4.74 Å². The summed E-state index contributed by atoms with van der Waals surface area (Å²) in [5.41, 5.74) is 0. The summed E-state index contributed by atoms with van der Waals surface area (Å²) < 4.78 is 6.61. The minimum Gasteiger partial charge on any atom is -0.475 e. The summed E-state index contributed by atoms with van der Waals surface area (Å²) in [7, 11) is 0. The second-order valence-electron chi connectivity index (χ2n) is 3.93. The Bertz CT molecular complexity index is 329. The summed E-state index contributed by atoms with van der Waals surface area (Å²) >= 11 is 2.19. The van der Waals surface area contributed by atoms with Crippen molar-refractivity contribution in [2.24, 2.45) is 0 Å². The number of halogens is 1. The van der Waals surface area contributed by atoms with Crippen LogP contribution in [0.4, 0.5) is 0 Å². The number of hydrogen-bond acceptors (Lipinski definition) is 4. The van der Waals surface area contributed by atoms with Crippen molar-refractivity contribution >= 4 is 22.6 Å². The first-order valence-electron chi connectivity index (χ1n) is 5.67. The third kappa shape index (κ3) is 3.55. The largest absolute Gasteiger partial charge is 0.475 e. The van der Waals surface area contributed by atoms with E-state index in [9.17, 15) is 0 Å². The zero-order valence-corrected chi connectivity index (χ0v) is 11.4. The van der Waals surface area contributed by atoms with E-state index in [0.29, 0.717) is 12.5 Å². The molecule has 5 heteroatoms. The molecule has 88 valence electrons. The number of ether oxygens (including phenoxy) is 1. The molecule has 2 rings (SSSR count). The van der Waals surface area contributed by atoms with Crippen LogP contribution < -0.4 is 4.74 Å². The highest BCUT2D eigenvalue weighted by atomic mass is 127. The number of nitrogens with zero attached hydrogens (tertiary/aromatic N) is 3. The number of likely N-dealkylation sites (tertiary alicyclic amines) is 1. The van der Waals surface area contributed by atoms with Crippen molar-refractivity contribution in [2.45, 2.75) is 19.3 Å². The normalized spacial score (nSPS) is 17.3. The third-order valence-corrected chi connectivity index (χ3v) is 3.47. The van der Waals surface area contributed by atoms with E-state index in [0.717, 1.165) is 10.1 Å². The Morgan fingerprint density at radius 2 is 2.12 bits per heavy atom. The molecule has 4 nitrogen and oxygen atoms in total. The lowest BCUT2D eigenvalue weighted by Gasteiger charge is -2.26. The highest BCUT2D eigenvalue weighted by molar-refractivity contribution is 14.1. The summed E-state index contributed by atoms with van der Waals surface area (Å²) in [6.07, 6.45) is 7.32. The van der Waals surface area contributed by atoms with Gasteiger partial charge in [-0.25, -0.2) is 9.97 Å². The lowest BCUT2D eigenvalue weighted by Crippen LogP contribution is -2.33. The molecule has 0 aliphatic carbocycles. The number of aromatic nitrogens is 2. The van der Waals surface area contributed by atoms with Gasteiger partial charge in [0.2, 0.25) is 5.88 Å². The Morgan fingerprint density at radius 3 is 2.88 bits per heavy atom. The lowest BCUT2D eigenvalue weighted by molar-refractivity contribution is 0.180. The molecule has 0 atom stereocenters. The van der Waals surface area contributed by atoms with Gasteiger partial charge in [-0.15, -0.1) is 0 Å². The number of hydrogen-bond donors (Lipinski definition) is 0. The quantitative estimate of drug-likeness (QED) is 0.790. The van der Waals surface area contributed by atoms with E-state index < -0.39 is 0 Å². The van der Waals surface area contributed by atoms with Crippen molar-refractivity contribution in [3.63, 3.8) is 0 Å². The van der Waals surface area contributed by atoms with E-state index in [4.69, 9.17) is 4.74 Å². The number of rotatable bonds is 4. The molecule has 0 spiro atoms. The SMILES string of the molecule is Ic1cncnc1OCCN1CCCCC1. The van der Waals surface area contributed by atoms with Crippen LogP contribution in [0.15, 0.2) is 12.5 Å². The molecule has 16 heavy (non-hydrogen) atoms. The van der Waals surface area contributed by atoms with E-state index in [1.54, 1.807) is 6.20 Å².